The van der Waals surface area contributed by atoms with E-state index in [0.29, 0.717) is 6.04 Å². The number of nitrogens with zero attached hydrogens (tertiary/aromatic N) is 3. The summed E-state index contributed by atoms with van der Waals surface area (Å²) in [7, 11) is 2.23. The maximum absolute atomic E-state index is 12.9. The number of carbonyl (C=O) groups excluding carboxylic acids is 1. The Hall–Kier alpha value is -1.76. The predicted octanol–water partition coefficient (Wildman–Crippen LogP) is 4.05. The van der Waals surface area contributed by atoms with Gasteiger partial charge in [0.2, 0.25) is 0 Å². The van der Waals surface area contributed by atoms with Crippen molar-refractivity contribution < 1.29 is 9.53 Å². The second-order valence-electron chi connectivity index (χ2n) is 8.52. The van der Waals surface area contributed by atoms with Crippen molar-refractivity contribution in [1.29, 1.82) is 0 Å². The number of piperidine rings is 1. The molecular formula is C23H31N3O2S. The number of rotatable bonds is 4. The molecule has 2 fully saturated rings. The van der Waals surface area contributed by atoms with Gasteiger partial charge in [0, 0.05) is 32.3 Å². The van der Waals surface area contributed by atoms with Crippen molar-refractivity contribution >= 4 is 17.2 Å². The first-order chi connectivity index (χ1) is 14.0. The van der Waals surface area contributed by atoms with Crippen LogP contribution in [0.2, 0.25) is 0 Å². The zero-order valence-corrected chi connectivity index (χ0v) is 18.5. The lowest BCUT2D eigenvalue weighted by molar-refractivity contribution is -0.128. The molecule has 4 rings (SSSR count). The van der Waals surface area contributed by atoms with E-state index < -0.39 is 0 Å². The topological polar surface area (TPSA) is 45.7 Å². The largest absolute Gasteiger partial charge is 0.375 e. The number of likely N-dealkylation sites (tertiary alicyclic amines) is 1. The zero-order chi connectivity index (χ0) is 20.4. The highest BCUT2D eigenvalue weighted by Crippen LogP contribution is 2.37. The number of hydrogen-bond donors (Lipinski definition) is 0. The molecule has 0 N–H and O–H groups in total. The van der Waals surface area contributed by atoms with Gasteiger partial charge in [0.05, 0.1) is 16.3 Å². The number of aryl methyl sites for hydroxylation is 2. The quantitative estimate of drug-likeness (QED) is 0.759. The van der Waals surface area contributed by atoms with E-state index in [1.54, 1.807) is 0 Å². The molecule has 1 aromatic carbocycles. The fourth-order valence-electron chi connectivity index (χ4n) is 4.72. The Labute approximate surface area is 177 Å². The van der Waals surface area contributed by atoms with Crippen LogP contribution in [0, 0.1) is 13.8 Å². The zero-order valence-electron chi connectivity index (χ0n) is 17.7. The fourth-order valence-corrected chi connectivity index (χ4v) is 5.61. The minimum atomic E-state index is -0.0801. The number of amides is 1. The van der Waals surface area contributed by atoms with Crippen LogP contribution in [0.4, 0.5) is 0 Å². The van der Waals surface area contributed by atoms with Gasteiger partial charge in [0.25, 0.3) is 5.91 Å². The molecule has 0 saturated carbocycles. The van der Waals surface area contributed by atoms with E-state index in [0.717, 1.165) is 67.5 Å². The summed E-state index contributed by atoms with van der Waals surface area (Å²) < 4.78 is 6.32. The minimum absolute atomic E-state index is 0.0801. The van der Waals surface area contributed by atoms with Crippen LogP contribution in [0.5, 0.6) is 0 Å². The Morgan fingerprint density at radius 1 is 1.28 bits per heavy atom. The SMILES string of the molecule is Cc1nc(C)c(C(=O)N2CCC3(CC2)CC(N(C)Cc2ccccc2)CCO3)s1. The van der Waals surface area contributed by atoms with Crippen LogP contribution in [0.3, 0.4) is 0 Å². The fraction of sp³-hybridized carbons (Fsp3) is 0.565. The second kappa shape index (κ2) is 8.54. The van der Waals surface area contributed by atoms with Crippen molar-refractivity contribution in [3.05, 3.63) is 51.5 Å². The highest BCUT2D eigenvalue weighted by Gasteiger charge is 2.42. The molecule has 0 bridgehead atoms. The van der Waals surface area contributed by atoms with Crippen LogP contribution in [0.1, 0.15) is 51.6 Å². The monoisotopic (exact) mass is 413 g/mol. The summed E-state index contributed by atoms with van der Waals surface area (Å²) in [6, 6.07) is 11.2. The number of ether oxygens (including phenoxy) is 1. The standard InChI is InChI=1S/C23H31N3O2S/c1-17-21(29-18(2)24-17)22(27)26-12-10-23(11-13-26)15-20(9-14-28-23)25(3)16-19-7-5-4-6-8-19/h4-8,20H,9-16H2,1-3H3. The molecule has 1 aromatic heterocycles. The molecule has 2 aliphatic rings. The first kappa shape index (κ1) is 20.5. The molecule has 2 aromatic rings. The first-order valence-electron chi connectivity index (χ1n) is 10.6. The van der Waals surface area contributed by atoms with Crippen LogP contribution in [-0.2, 0) is 11.3 Å². The molecule has 6 heteroatoms. The summed E-state index contributed by atoms with van der Waals surface area (Å²) in [5, 5.41) is 0.958. The van der Waals surface area contributed by atoms with E-state index in [1.807, 2.05) is 18.7 Å². The second-order valence-corrected chi connectivity index (χ2v) is 9.72. The molecule has 29 heavy (non-hydrogen) atoms. The van der Waals surface area contributed by atoms with Gasteiger partial charge in [-0.1, -0.05) is 30.3 Å². The van der Waals surface area contributed by atoms with E-state index in [4.69, 9.17) is 4.74 Å². The predicted molar refractivity (Wildman–Crippen MR) is 116 cm³/mol. The van der Waals surface area contributed by atoms with Crippen LogP contribution < -0.4 is 0 Å². The molecule has 0 aliphatic carbocycles. The third-order valence-electron chi connectivity index (χ3n) is 6.42. The third kappa shape index (κ3) is 4.55. The Morgan fingerprint density at radius 2 is 2.00 bits per heavy atom. The summed E-state index contributed by atoms with van der Waals surface area (Å²) in [6.07, 6.45) is 3.97. The van der Waals surface area contributed by atoms with Gasteiger partial charge < -0.3 is 9.64 Å². The lowest BCUT2D eigenvalue weighted by Crippen LogP contribution is -2.54. The lowest BCUT2D eigenvalue weighted by Gasteiger charge is -2.48. The highest BCUT2D eigenvalue weighted by atomic mass is 32.1. The molecule has 3 heterocycles. The van der Waals surface area contributed by atoms with Gasteiger partial charge in [-0.2, -0.15) is 0 Å². The Morgan fingerprint density at radius 3 is 2.66 bits per heavy atom. The summed E-state index contributed by atoms with van der Waals surface area (Å²) in [5.74, 6) is 0.136. The molecular weight excluding hydrogens is 382 g/mol. The Balaban J connectivity index is 1.36. The van der Waals surface area contributed by atoms with Gasteiger partial charge >= 0.3 is 0 Å². The molecule has 1 atom stereocenters. The lowest BCUT2D eigenvalue weighted by atomic mass is 9.81. The number of benzene rings is 1. The van der Waals surface area contributed by atoms with Crippen LogP contribution in [0.15, 0.2) is 30.3 Å². The van der Waals surface area contributed by atoms with Crippen LogP contribution in [0.25, 0.3) is 0 Å². The van der Waals surface area contributed by atoms with Gasteiger partial charge in [-0.15, -0.1) is 11.3 Å². The van der Waals surface area contributed by atoms with Gasteiger partial charge in [0.15, 0.2) is 0 Å². The van der Waals surface area contributed by atoms with Crippen molar-refractivity contribution in [3.8, 4) is 0 Å². The number of aromatic nitrogens is 1. The molecule has 1 unspecified atom stereocenters. The number of thiazole rings is 1. The Bertz CT molecular complexity index is 843. The van der Waals surface area contributed by atoms with E-state index in [1.165, 1.54) is 16.9 Å². The summed E-state index contributed by atoms with van der Waals surface area (Å²) in [6.45, 7) is 7.21. The van der Waals surface area contributed by atoms with E-state index in [-0.39, 0.29) is 11.5 Å². The molecule has 2 saturated heterocycles. The third-order valence-corrected chi connectivity index (χ3v) is 7.49. The van der Waals surface area contributed by atoms with E-state index in [2.05, 4.69) is 47.3 Å². The van der Waals surface area contributed by atoms with Crippen LogP contribution >= 0.6 is 11.3 Å². The summed E-state index contributed by atoms with van der Waals surface area (Å²) in [4.78, 5) is 22.6. The maximum Gasteiger partial charge on any atom is 0.265 e. The molecule has 156 valence electrons. The van der Waals surface area contributed by atoms with Crippen molar-refractivity contribution in [1.82, 2.24) is 14.8 Å². The van der Waals surface area contributed by atoms with Crippen molar-refractivity contribution in [3.63, 3.8) is 0 Å². The van der Waals surface area contributed by atoms with Gasteiger partial charge in [-0.25, -0.2) is 4.98 Å². The van der Waals surface area contributed by atoms with E-state index in [9.17, 15) is 4.79 Å². The van der Waals surface area contributed by atoms with Crippen LogP contribution in [-0.4, -0.2) is 59.1 Å². The van der Waals surface area contributed by atoms with Crippen molar-refractivity contribution in [2.45, 2.75) is 57.7 Å². The highest BCUT2D eigenvalue weighted by molar-refractivity contribution is 7.13. The molecule has 2 aliphatic heterocycles. The summed E-state index contributed by atoms with van der Waals surface area (Å²) in [5.41, 5.74) is 2.13. The first-order valence-corrected chi connectivity index (χ1v) is 11.4. The maximum atomic E-state index is 12.9. The Kier molecular flexibility index (Phi) is 6.04. The van der Waals surface area contributed by atoms with Crippen molar-refractivity contribution in [2.75, 3.05) is 26.7 Å². The summed E-state index contributed by atoms with van der Waals surface area (Å²) >= 11 is 1.51. The average molecular weight is 414 g/mol. The van der Waals surface area contributed by atoms with Gasteiger partial charge in [-0.05, 0) is 52.1 Å². The number of hydrogen-bond acceptors (Lipinski definition) is 5. The molecule has 1 spiro atoms. The molecule has 1 amide bonds. The molecule has 5 nitrogen and oxygen atoms in total. The van der Waals surface area contributed by atoms with Gasteiger partial charge in [-0.3, -0.25) is 9.69 Å². The van der Waals surface area contributed by atoms with Crippen molar-refractivity contribution in [2.24, 2.45) is 0 Å². The van der Waals surface area contributed by atoms with Gasteiger partial charge in [0.1, 0.15) is 4.88 Å². The average Bonchev–Trinajstić information content (AvgIpc) is 3.07. The normalized spacial score (nSPS) is 21.7. The minimum Gasteiger partial charge on any atom is -0.375 e. The smallest absolute Gasteiger partial charge is 0.265 e. The van der Waals surface area contributed by atoms with E-state index >= 15 is 0 Å². The number of carbonyl (C=O) groups is 1. The molecule has 0 radical (unpaired) electrons.